The Balaban J connectivity index is 1.77. The van der Waals surface area contributed by atoms with Crippen molar-refractivity contribution >= 4 is 5.91 Å². The van der Waals surface area contributed by atoms with Crippen LogP contribution in [0.25, 0.3) is 0 Å². The summed E-state index contributed by atoms with van der Waals surface area (Å²) in [4.78, 5) is 14.1. The van der Waals surface area contributed by atoms with Gasteiger partial charge in [0.15, 0.2) is 0 Å². The fraction of sp³-hybridized carbons (Fsp3) is 0.588. The van der Waals surface area contributed by atoms with Crippen LogP contribution < -0.4 is 11.1 Å². The van der Waals surface area contributed by atoms with Gasteiger partial charge < -0.3 is 11.1 Å². The van der Waals surface area contributed by atoms with Crippen molar-refractivity contribution in [2.45, 2.75) is 57.3 Å². The van der Waals surface area contributed by atoms with Crippen molar-refractivity contribution in [2.24, 2.45) is 5.73 Å². The van der Waals surface area contributed by atoms with Gasteiger partial charge in [-0.2, -0.15) is 0 Å². The SMILES string of the molecule is C[C@H](N)C(=O)NC1CCC(N(C)Cc2ccccc2)CC1. The van der Waals surface area contributed by atoms with E-state index in [1.165, 1.54) is 5.56 Å². The van der Waals surface area contributed by atoms with Crippen LogP contribution in [0.1, 0.15) is 38.2 Å². The highest BCUT2D eigenvalue weighted by Gasteiger charge is 2.25. The highest BCUT2D eigenvalue weighted by molar-refractivity contribution is 5.81. The van der Waals surface area contributed by atoms with Gasteiger partial charge >= 0.3 is 0 Å². The number of nitrogens with one attached hydrogen (secondary N) is 1. The number of amides is 1. The molecule has 1 fully saturated rings. The molecule has 4 nitrogen and oxygen atoms in total. The Hall–Kier alpha value is -1.39. The van der Waals surface area contributed by atoms with Crippen LogP contribution in [-0.2, 0) is 11.3 Å². The summed E-state index contributed by atoms with van der Waals surface area (Å²) in [6, 6.07) is 11.1. The van der Waals surface area contributed by atoms with Gasteiger partial charge in [0.05, 0.1) is 6.04 Å². The standard InChI is InChI=1S/C17H27N3O/c1-13(18)17(21)19-15-8-10-16(11-9-15)20(2)12-14-6-4-3-5-7-14/h3-7,13,15-16H,8-12,18H2,1-2H3,(H,19,21)/t13-,15?,16?/m0/s1. The van der Waals surface area contributed by atoms with Crippen LogP contribution in [-0.4, -0.2) is 36.0 Å². The van der Waals surface area contributed by atoms with Crippen LogP contribution in [0.5, 0.6) is 0 Å². The molecule has 1 aromatic carbocycles. The van der Waals surface area contributed by atoms with Gasteiger partial charge in [-0.15, -0.1) is 0 Å². The van der Waals surface area contributed by atoms with E-state index in [1.807, 2.05) is 0 Å². The number of benzene rings is 1. The third-order valence-electron chi connectivity index (χ3n) is 4.35. The maximum Gasteiger partial charge on any atom is 0.236 e. The Labute approximate surface area is 127 Å². The number of rotatable bonds is 5. The number of nitrogens with zero attached hydrogens (tertiary/aromatic N) is 1. The van der Waals surface area contributed by atoms with E-state index in [4.69, 9.17) is 5.73 Å². The molecule has 0 unspecified atom stereocenters. The summed E-state index contributed by atoms with van der Waals surface area (Å²) in [7, 11) is 2.19. The topological polar surface area (TPSA) is 58.4 Å². The van der Waals surface area contributed by atoms with Crippen LogP contribution in [0.3, 0.4) is 0 Å². The minimum atomic E-state index is -0.413. The first kappa shape index (κ1) is 16.0. The third kappa shape index (κ3) is 4.83. The molecule has 1 aliphatic carbocycles. The molecule has 116 valence electrons. The minimum absolute atomic E-state index is 0.0314. The fourth-order valence-corrected chi connectivity index (χ4v) is 2.99. The van der Waals surface area contributed by atoms with Gasteiger partial charge in [-0.05, 0) is 45.2 Å². The molecule has 4 heteroatoms. The van der Waals surface area contributed by atoms with Crippen molar-refractivity contribution in [3.05, 3.63) is 35.9 Å². The first-order chi connectivity index (χ1) is 10.1. The number of carbonyl (C=O) groups is 1. The molecule has 21 heavy (non-hydrogen) atoms. The van der Waals surface area contributed by atoms with E-state index < -0.39 is 6.04 Å². The predicted octanol–water partition coefficient (Wildman–Crippen LogP) is 1.89. The van der Waals surface area contributed by atoms with Gasteiger partial charge in [0, 0.05) is 18.6 Å². The summed E-state index contributed by atoms with van der Waals surface area (Å²) in [6.07, 6.45) is 4.35. The number of carbonyl (C=O) groups excluding carboxylic acids is 1. The number of hydrogen-bond donors (Lipinski definition) is 2. The summed E-state index contributed by atoms with van der Waals surface area (Å²) in [5.41, 5.74) is 6.95. The number of hydrogen-bond acceptors (Lipinski definition) is 3. The van der Waals surface area contributed by atoms with E-state index in [2.05, 4.69) is 47.6 Å². The highest BCUT2D eigenvalue weighted by atomic mass is 16.2. The van der Waals surface area contributed by atoms with E-state index in [-0.39, 0.29) is 5.91 Å². The second-order valence-corrected chi connectivity index (χ2v) is 6.20. The van der Waals surface area contributed by atoms with Crippen LogP contribution in [0.2, 0.25) is 0 Å². The molecule has 0 radical (unpaired) electrons. The van der Waals surface area contributed by atoms with E-state index >= 15 is 0 Å². The average molecular weight is 289 g/mol. The van der Waals surface area contributed by atoms with E-state index in [1.54, 1.807) is 6.92 Å². The molecule has 1 aliphatic rings. The average Bonchev–Trinajstić information content (AvgIpc) is 2.48. The zero-order chi connectivity index (χ0) is 15.2. The summed E-state index contributed by atoms with van der Waals surface area (Å²) < 4.78 is 0. The van der Waals surface area contributed by atoms with Gasteiger partial charge in [-0.3, -0.25) is 9.69 Å². The Kier molecular flexibility index (Phi) is 5.76. The second kappa shape index (κ2) is 7.57. The largest absolute Gasteiger partial charge is 0.352 e. The molecule has 1 amide bonds. The molecule has 1 aromatic rings. The van der Waals surface area contributed by atoms with Gasteiger partial charge in [0.25, 0.3) is 0 Å². The van der Waals surface area contributed by atoms with Crippen molar-refractivity contribution < 1.29 is 4.79 Å². The minimum Gasteiger partial charge on any atom is -0.352 e. The summed E-state index contributed by atoms with van der Waals surface area (Å²) in [6.45, 7) is 2.72. The van der Waals surface area contributed by atoms with Crippen molar-refractivity contribution in [1.29, 1.82) is 0 Å². The van der Waals surface area contributed by atoms with Crippen molar-refractivity contribution in [3.63, 3.8) is 0 Å². The first-order valence-electron chi connectivity index (χ1n) is 7.86. The zero-order valence-corrected chi connectivity index (χ0v) is 13.1. The molecule has 0 heterocycles. The Morgan fingerprint density at radius 2 is 1.90 bits per heavy atom. The molecule has 2 rings (SSSR count). The fourth-order valence-electron chi connectivity index (χ4n) is 2.99. The monoisotopic (exact) mass is 289 g/mol. The van der Waals surface area contributed by atoms with Gasteiger partial charge in [-0.25, -0.2) is 0 Å². The van der Waals surface area contributed by atoms with Crippen molar-refractivity contribution in [3.8, 4) is 0 Å². The van der Waals surface area contributed by atoms with E-state index in [9.17, 15) is 4.79 Å². The quantitative estimate of drug-likeness (QED) is 0.870. The zero-order valence-electron chi connectivity index (χ0n) is 13.1. The van der Waals surface area contributed by atoms with Crippen LogP contribution in [0.15, 0.2) is 30.3 Å². The van der Waals surface area contributed by atoms with Crippen molar-refractivity contribution in [2.75, 3.05) is 7.05 Å². The summed E-state index contributed by atoms with van der Waals surface area (Å²) in [5.74, 6) is -0.0314. The molecule has 1 atom stereocenters. The summed E-state index contributed by atoms with van der Waals surface area (Å²) >= 11 is 0. The highest BCUT2D eigenvalue weighted by Crippen LogP contribution is 2.23. The molecular formula is C17H27N3O. The third-order valence-corrected chi connectivity index (χ3v) is 4.35. The molecule has 1 saturated carbocycles. The predicted molar refractivity (Wildman–Crippen MR) is 85.7 cm³/mol. The lowest BCUT2D eigenvalue weighted by atomic mass is 9.90. The molecule has 0 bridgehead atoms. The Bertz CT molecular complexity index is 439. The van der Waals surface area contributed by atoms with Crippen LogP contribution in [0, 0.1) is 0 Å². The first-order valence-corrected chi connectivity index (χ1v) is 7.86. The van der Waals surface area contributed by atoms with Crippen LogP contribution in [0.4, 0.5) is 0 Å². The maximum atomic E-state index is 11.6. The molecule has 0 aromatic heterocycles. The normalized spacial score (nSPS) is 23.8. The van der Waals surface area contributed by atoms with Crippen LogP contribution >= 0.6 is 0 Å². The molecule has 0 saturated heterocycles. The van der Waals surface area contributed by atoms with Crippen molar-refractivity contribution in [1.82, 2.24) is 10.2 Å². The smallest absolute Gasteiger partial charge is 0.236 e. The summed E-state index contributed by atoms with van der Waals surface area (Å²) in [5, 5.41) is 3.05. The maximum absolute atomic E-state index is 11.6. The molecule has 0 spiro atoms. The molecule has 3 N–H and O–H groups in total. The second-order valence-electron chi connectivity index (χ2n) is 6.20. The van der Waals surface area contributed by atoms with Gasteiger partial charge in [-0.1, -0.05) is 30.3 Å². The van der Waals surface area contributed by atoms with Gasteiger partial charge in [0.1, 0.15) is 0 Å². The molecule has 0 aliphatic heterocycles. The lowest BCUT2D eigenvalue weighted by molar-refractivity contribution is -0.123. The number of nitrogens with two attached hydrogens (primary N) is 1. The lowest BCUT2D eigenvalue weighted by Crippen LogP contribution is -2.47. The Morgan fingerprint density at radius 3 is 2.48 bits per heavy atom. The van der Waals surface area contributed by atoms with E-state index in [0.29, 0.717) is 12.1 Å². The molecular weight excluding hydrogens is 262 g/mol. The van der Waals surface area contributed by atoms with Gasteiger partial charge in [0.2, 0.25) is 5.91 Å². The van der Waals surface area contributed by atoms with E-state index in [0.717, 1.165) is 32.2 Å². The lowest BCUT2D eigenvalue weighted by Gasteiger charge is -2.35. The Morgan fingerprint density at radius 1 is 1.29 bits per heavy atom.